The second-order valence-corrected chi connectivity index (χ2v) is 29.3. The van der Waals surface area contributed by atoms with Crippen LogP contribution in [0.1, 0.15) is 211 Å². The summed E-state index contributed by atoms with van der Waals surface area (Å²) in [6.45, 7) is 20.5. The van der Waals surface area contributed by atoms with E-state index in [0.29, 0.717) is 19.4 Å². The summed E-state index contributed by atoms with van der Waals surface area (Å²) in [5.74, 6) is 1.14. The summed E-state index contributed by atoms with van der Waals surface area (Å²) < 4.78 is 51.0. The van der Waals surface area contributed by atoms with Crippen LogP contribution in [0.5, 0.6) is 17.2 Å². The van der Waals surface area contributed by atoms with E-state index in [9.17, 15) is 15.3 Å². The smallest absolute Gasteiger partial charge is 0.209 e. The first-order valence-corrected chi connectivity index (χ1v) is 36.2. The maximum atomic E-state index is 11.8. The number of hydrogen-bond acceptors (Lipinski definition) is 11. The molecule has 10 unspecified atom stereocenters. The maximum Gasteiger partial charge on any atom is 0.209 e. The molecule has 3 saturated heterocycles. The molecule has 5 aromatic rings. The molecule has 5 aliphatic heterocycles. The number of aliphatic hydroxyl groups is 1. The molecule has 506 valence electrons. The minimum absolute atomic E-state index is 0. The van der Waals surface area contributed by atoms with Gasteiger partial charge in [-0.1, -0.05) is 115 Å². The summed E-state index contributed by atoms with van der Waals surface area (Å²) >= 11 is 7.53. The molecular weight excluding hydrogens is 1380 g/mol. The van der Waals surface area contributed by atoms with Crippen molar-refractivity contribution in [2.75, 3.05) is 24.6 Å². The first kappa shape index (κ1) is 71.9. The summed E-state index contributed by atoms with van der Waals surface area (Å²) in [5, 5.41) is 32.4. The highest BCUT2D eigenvalue weighted by atomic mass is 79.9. The molecule has 12 nitrogen and oxygen atoms in total. The number of halogens is 3. The molecule has 0 bridgehead atoms. The number of anilines is 1. The summed E-state index contributed by atoms with van der Waals surface area (Å²) in [7, 11) is 0. The van der Waals surface area contributed by atoms with Crippen molar-refractivity contribution < 1.29 is 70.0 Å². The maximum absolute atomic E-state index is 11.8. The standard InChI is InChI=1S/C79H98Br2N2O10.BrH/c1-9-19-63-50-67(47-60(86)27-17-29-65-49-66(92-76(91-65)54-23-15-26-59(85)43-54)31-18-30-64-48-61(10-2)88-75(90-64)53-22-14-25-58(84)42-53)93-77(89-63)55-24-16-28-62(44-55)87-41-40-68-51(32-38-73-78(5,6)69-45-56(80)34-36-71(69)82(73)11-3)20-13-21-52(68)33-39-74-79(7,8)70-46-57(81)35-37-72(70)83(74)12-4;/h14-16,22-26,28,32-39,42-46,60-61,63-67,75-77,86H,9-13,17-21,27,29-31,40-41,47-50H2,1-8H3,(H-,84,85);1H. The molecule has 94 heavy (non-hydrogen) atoms. The van der Waals surface area contributed by atoms with E-state index in [0.717, 1.165) is 141 Å². The van der Waals surface area contributed by atoms with Crippen LogP contribution in [-0.4, -0.2) is 88.0 Å². The van der Waals surface area contributed by atoms with E-state index in [1.54, 1.807) is 24.3 Å². The average molecular weight is 1480 g/mol. The van der Waals surface area contributed by atoms with Crippen molar-refractivity contribution in [1.29, 1.82) is 0 Å². The predicted molar refractivity (Wildman–Crippen MR) is 377 cm³/mol. The molecule has 5 heterocycles. The van der Waals surface area contributed by atoms with Crippen molar-refractivity contribution in [2.45, 2.75) is 237 Å². The minimum Gasteiger partial charge on any atom is -1.00 e. The number of allylic oxidation sites excluding steroid dienone is 7. The quantitative estimate of drug-likeness (QED) is 0.0483. The number of aliphatic hydroxyl groups excluding tert-OH is 1. The number of aromatic hydroxyl groups is 2. The number of likely N-dealkylation sites (N-methyl/N-ethyl adjacent to an activating group) is 1. The van der Waals surface area contributed by atoms with E-state index in [-0.39, 0.29) is 75.9 Å². The zero-order valence-corrected chi connectivity index (χ0v) is 61.1. The van der Waals surface area contributed by atoms with Gasteiger partial charge in [-0.3, -0.25) is 0 Å². The van der Waals surface area contributed by atoms with E-state index in [4.69, 9.17) is 33.2 Å². The van der Waals surface area contributed by atoms with Gasteiger partial charge in [-0.2, -0.15) is 4.58 Å². The Morgan fingerprint density at radius 1 is 0.628 bits per heavy atom. The molecular formula is C79H99Br3N2O10. The van der Waals surface area contributed by atoms with Crippen LogP contribution in [0, 0.1) is 0 Å². The molecule has 0 spiro atoms. The van der Waals surface area contributed by atoms with Crippen LogP contribution in [0.3, 0.4) is 0 Å². The van der Waals surface area contributed by atoms with Gasteiger partial charge in [0.1, 0.15) is 23.8 Å². The van der Waals surface area contributed by atoms with E-state index in [2.05, 4.69) is 170 Å². The summed E-state index contributed by atoms with van der Waals surface area (Å²) in [6, 6.07) is 35.9. The number of phenolic OH excluding ortho intramolecular Hbond substituents is 2. The van der Waals surface area contributed by atoms with Crippen LogP contribution in [0.15, 0.2) is 165 Å². The molecule has 3 N–H and O–H groups in total. The Hall–Kier alpha value is -4.91. The molecule has 10 atom stereocenters. The minimum atomic E-state index is -0.613. The van der Waals surface area contributed by atoms with Crippen LogP contribution in [-0.2, 0) is 39.3 Å². The van der Waals surface area contributed by atoms with Gasteiger partial charge >= 0.3 is 0 Å². The van der Waals surface area contributed by atoms with Crippen LogP contribution < -0.4 is 26.6 Å². The summed E-state index contributed by atoms with van der Waals surface area (Å²) in [4.78, 5) is 2.48. The number of benzene rings is 5. The second kappa shape index (κ2) is 32.6. The van der Waals surface area contributed by atoms with Gasteiger partial charge in [-0.05, 0) is 200 Å². The number of fused-ring (bicyclic) bond motifs is 2. The summed E-state index contributed by atoms with van der Waals surface area (Å²) in [5.41, 5.74) is 14.1. The van der Waals surface area contributed by atoms with Gasteiger partial charge in [0.25, 0.3) is 0 Å². The lowest BCUT2D eigenvalue weighted by molar-refractivity contribution is -0.433. The van der Waals surface area contributed by atoms with Crippen LogP contribution >= 0.6 is 31.9 Å². The largest absolute Gasteiger partial charge is 1.00 e. The number of hydrogen-bond donors (Lipinski definition) is 3. The monoisotopic (exact) mass is 1470 g/mol. The predicted octanol–water partition coefficient (Wildman–Crippen LogP) is 16.4. The Kier molecular flexibility index (Phi) is 24.9. The van der Waals surface area contributed by atoms with Gasteiger partial charge in [0.15, 0.2) is 24.6 Å². The third-order valence-electron chi connectivity index (χ3n) is 20.1. The van der Waals surface area contributed by atoms with Crippen molar-refractivity contribution in [3.05, 3.63) is 193 Å². The van der Waals surface area contributed by atoms with E-state index in [1.165, 1.54) is 50.6 Å². The van der Waals surface area contributed by atoms with Crippen molar-refractivity contribution in [3.8, 4) is 17.2 Å². The van der Waals surface area contributed by atoms with Crippen LogP contribution in [0.2, 0.25) is 0 Å². The fourth-order valence-corrected chi connectivity index (χ4v) is 16.0. The Bertz CT molecular complexity index is 3560. The lowest BCUT2D eigenvalue weighted by Crippen LogP contribution is -3.00. The molecule has 0 aromatic heterocycles. The highest BCUT2D eigenvalue weighted by Crippen LogP contribution is 2.50. The number of ether oxygens (including phenoxy) is 7. The topological polar surface area (TPSA) is 132 Å². The Morgan fingerprint density at radius 3 is 1.83 bits per heavy atom. The molecule has 0 amide bonds. The molecule has 1 aliphatic carbocycles. The van der Waals surface area contributed by atoms with E-state index in [1.807, 2.05) is 36.4 Å². The third kappa shape index (κ3) is 17.1. The van der Waals surface area contributed by atoms with Crippen molar-refractivity contribution >= 4 is 48.9 Å². The Balaban J connectivity index is 0.00000964. The van der Waals surface area contributed by atoms with Crippen molar-refractivity contribution in [2.24, 2.45) is 0 Å². The Morgan fingerprint density at radius 2 is 1.20 bits per heavy atom. The fraction of sp³-hybridized carbons (Fsp3) is 0.506. The summed E-state index contributed by atoms with van der Waals surface area (Å²) in [6.07, 6.45) is 21.2. The first-order valence-electron chi connectivity index (χ1n) is 34.7. The van der Waals surface area contributed by atoms with E-state index >= 15 is 0 Å². The van der Waals surface area contributed by atoms with Gasteiger partial charge in [0.05, 0.1) is 54.7 Å². The zero-order chi connectivity index (χ0) is 65.4. The van der Waals surface area contributed by atoms with Crippen molar-refractivity contribution in [3.63, 3.8) is 0 Å². The highest BCUT2D eigenvalue weighted by molar-refractivity contribution is 9.10. The first-order chi connectivity index (χ1) is 44.9. The molecule has 0 saturated carbocycles. The van der Waals surface area contributed by atoms with E-state index < -0.39 is 25.0 Å². The van der Waals surface area contributed by atoms with Gasteiger partial charge in [0.2, 0.25) is 5.69 Å². The van der Waals surface area contributed by atoms with Crippen LogP contribution in [0.25, 0.3) is 0 Å². The normalized spacial score (nSPS) is 26.2. The van der Waals surface area contributed by atoms with Gasteiger partial charge in [-0.15, -0.1) is 0 Å². The highest BCUT2D eigenvalue weighted by Gasteiger charge is 2.45. The molecule has 3 fully saturated rings. The van der Waals surface area contributed by atoms with Crippen LogP contribution in [0.4, 0.5) is 11.4 Å². The average Bonchev–Trinajstić information content (AvgIpc) is 1.60. The second-order valence-electron chi connectivity index (χ2n) is 27.4. The lowest BCUT2D eigenvalue weighted by atomic mass is 9.80. The SMILES string of the molecule is CCCC1CC(CC(O)CCCC2CC(CCCC3CC(CC)OC(c4cccc(O)c4)O3)OC(c3cccc(O)c3)O2)OC(c2cccc(OCCC3=C(/C=C/C4=[N+](CC)c5ccc(Br)cc5C4(C)C)CCC/C3=C\C=C3\N(CC)c4ccc(Br)cc4C3(C)C)c2)O1.[Br-]. The molecule has 0 radical (unpaired) electrons. The molecule has 11 rings (SSSR count). The lowest BCUT2D eigenvalue weighted by Gasteiger charge is -2.38. The molecule has 5 aromatic carbocycles. The molecule has 15 heteroatoms. The Labute approximate surface area is 586 Å². The zero-order valence-electron chi connectivity index (χ0n) is 56.3. The van der Waals surface area contributed by atoms with Crippen molar-refractivity contribution in [1.82, 2.24) is 0 Å². The molecule has 6 aliphatic rings. The van der Waals surface area contributed by atoms with Gasteiger partial charge in [0, 0.05) is 92.4 Å². The van der Waals surface area contributed by atoms with Gasteiger partial charge < -0.3 is 70.4 Å². The van der Waals surface area contributed by atoms with Gasteiger partial charge in [-0.25, -0.2) is 0 Å². The third-order valence-corrected chi connectivity index (χ3v) is 21.1. The number of rotatable bonds is 25. The fourth-order valence-electron chi connectivity index (χ4n) is 15.3. The number of nitrogens with zero attached hydrogens (tertiary/aromatic N) is 2. The number of phenols is 2.